The first kappa shape index (κ1) is 17.3. The van der Waals surface area contributed by atoms with E-state index in [9.17, 15) is 4.79 Å². The van der Waals surface area contributed by atoms with Crippen LogP contribution in [0.2, 0.25) is 0 Å². The number of aryl methyl sites for hydroxylation is 2. The summed E-state index contributed by atoms with van der Waals surface area (Å²) in [6, 6.07) is 9.81. The smallest absolute Gasteiger partial charge is 0.247 e. The van der Waals surface area contributed by atoms with Gasteiger partial charge in [-0.15, -0.1) is 0 Å². The zero-order valence-electron chi connectivity index (χ0n) is 15.3. The van der Waals surface area contributed by atoms with Crippen LogP contribution >= 0.6 is 0 Å². The molecule has 1 aromatic heterocycles. The monoisotopic (exact) mass is 339 g/mol. The van der Waals surface area contributed by atoms with Crippen molar-refractivity contribution in [2.24, 2.45) is 0 Å². The average molecular weight is 339 g/mol. The third kappa shape index (κ3) is 3.60. The normalized spacial score (nSPS) is 15.7. The first-order valence-corrected chi connectivity index (χ1v) is 8.64. The standard InChI is InChI=1S/C20H25N3O2/c1-14-13-15(2)23(21-14)16(3)20(24)22-11-9-18(10-12-22)17-5-7-19(25-4)8-6-17/h5-9,13,16H,10-12H2,1-4H3/t16-/m0/s1. The van der Waals surface area contributed by atoms with Crippen LogP contribution in [-0.2, 0) is 4.79 Å². The molecule has 0 aliphatic carbocycles. The highest BCUT2D eigenvalue weighted by molar-refractivity contribution is 5.81. The summed E-state index contributed by atoms with van der Waals surface area (Å²) in [5.41, 5.74) is 4.44. The van der Waals surface area contributed by atoms with Crippen LogP contribution in [0.25, 0.3) is 5.57 Å². The fourth-order valence-corrected chi connectivity index (χ4v) is 3.34. The van der Waals surface area contributed by atoms with E-state index in [2.05, 4.69) is 23.3 Å². The molecule has 0 saturated carbocycles. The number of hydrogen-bond acceptors (Lipinski definition) is 3. The number of carbonyl (C=O) groups excluding carboxylic acids is 1. The Morgan fingerprint density at radius 2 is 1.96 bits per heavy atom. The summed E-state index contributed by atoms with van der Waals surface area (Å²) >= 11 is 0. The van der Waals surface area contributed by atoms with Crippen LogP contribution in [0.4, 0.5) is 0 Å². The van der Waals surface area contributed by atoms with Crippen LogP contribution in [0.1, 0.15) is 36.3 Å². The number of rotatable bonds is 4. The molecular formula is C20H25N3O2. The van der Waals surface area contributed by atoms with Gasteiger partial charge in [-0.05, 0) is 56.5 Å². The van der Waals surface area contributed by atoms with Crippen LogP contribution in [-0.4, -0.2) is 40.8 Å². The number of methoxy groups -OCH3 is 1. The van der Waals surface area contributed by atoms with E-state index in [0.717, 1.165) is 30.1 Å². The Morgan fingerprint density at radius 1 is 1.24 bits per heavy atom. The molecule has 132 valence electrons. The van der Waals surface area contributed by atoms with E-state index in [0.29, 0.717) is 6.54 Å². The zero-order valence-corrected chi connectivity index (χ0v) is 15.3. The van der Waals surface area contributed by atoms with Crippen molar-refractivity contribution in [3.63, 3.8) is 0 Å². The second-order valence-electron chi connectivity index (χ2n) is 6.54. The molecule has 0 N–H and O–H groups in total. The molecule has 1 amide bonds. The minimum Gasteiger partial charge on any atom is -0.497 e. The van der Waals surface area contributed by atoms with Crippen molar-refractivity contribution in [1.29, 1.82) is 0 Å². The third-order valence-corrected chi connectivity index (χ3v) is 4.75. The van der Waals surface area contributed by atoms with E-state index in [4.69, 9.17) is 4.74 Å². The molecule has 1 atom stereocenters. The van der Waals surface area contributed by atoms with Crippen molar-refractivity contribution >= 4 is 11.5 Å². The van der Waals surface area contributed by atoms with Gasteiger partial charge in [0.25, 0.3) is 0 Å². The largest absolute Gasteiger partial charge is 0.497 e. The van der Waals surface area contributed by atoms with E-state index < -0.39 is 0 Å². The summed E-state index contributed by atoms with van der Waals surface area (Å²) in [6.45, 7) is 7.24. The summed E-state index contributed by atoms with van der Waals surface area (Å²) in [5.74, 6) is 0.979. The Bertz CT molecular complexity index is 790. The van der Waals surface area contributed by atoms with Gasteiger partial charge >= 0.3 is 0 Å². The molecule has 1 aromatic carbocycles. The van der Waals surface area contributed by atoms with Gasteiger partial charge in [-0.3, -0.25) is 9.48 Å². The molecule has 0 spiro atoms. The number of amides is 1. The molecule has 2 heterocycles. The SMILES string of the molecule is COc1ccc(C2=CCN(C(=O)[C@H](C)n3nc(C)cc3C)CC2)cc1. The van der Waals surface area contributed by atoms with Crippen molar-refractivity contribution < 1.29 is 9.53 Å². The maximum absolute atomic E-state index is 12.8. The number of ether oxygens (including phenoxy) is 1. The predicted molar refractivity (Wildman–Crippen MR) is 98.6 cm³/mol. The Labute approximate surface area is 148 Å². The summed E-state index contributed by atoms with van der Waals surface area (Å²) in [5, 5.41) is 4.45. The lowest BCUT2D eigenvalue weighted by Crippen LogP contribution is -2.39. The fraction of sp³-hybridized carbons (Fsp3) is 0.400. The molecule has 5 nitrogen and oxygen atoms in total. The molecule has 2 aromatic rings. The van der Waals surface area contributed by atoms with Crippen LogP contribution < -0.4 is 4.74 Å². The lowest BCUT2D eigenvalue weighted by molar-refractivity contribution is -0.134. The highest BCUT2D eigenvalue weighted by Crippen LogP contribution is 2.25. The number of hydrogen-bond donors (Lipinski definition) is 0. The first-order chi connectivity index (χ1) is 12.0. The lowest BCUT2D eigenvalue weighted by Gasteiger charge is -2.29. The number of carbonyl (C=O) groups is 1. The quantitative estimate of drug-likeness (QED) is 0.858. The topological polar surface area (TPSA) is 47.4 Å². The van der Waals surface area contributed by atoms with Gasteiger partial charge in [0.05, 0.1) is 12.8 Å². The summed E-state index contributed by atoms with van der Waals surface area (Å²) in [7, 11) is 1.67. The highest BCUT2D eigenvalue weighted by Gasteiger charge is 2.25. The minimum absolute atomic E-state index is 0.122. The minimum atomic E-state index is -0.273. The molecule has 1 aliphatic heterocycles. The number of benzene rings is 1. The lowest BCUT2D eigenvalue weighted by atomic mass is 9.99. The van der Waals surface area contributed by atoms with Gasteiger partial charge < -0.3 is 9.64 Å². The van der Waals surface area contributed by atoms with E-state index in [1.807, 2.05) is 48.6 Å². The van der Waals surface area contributed by atoms with Crippen molar-refractivity contribution in [2.45, 2.75) is 33.2 Å². The average Bonchev–Trinajstić information content (AvgIpc) is 2.99. The van der Waals surface area contributed by atoms with Gasteiger partial charge in [0.1, 0.15) is 11.8 Å². The second kappa shape index (κ2) is 7.13. The molecule has 1 aliphatic rings. The van der Waals surface area contributed by atoms with Crippen LogP contribution in [0.3, 0.4) is 0 Å². The van der Waals surface area contributed by atoms with Gasteiger partial charge in [0.15, 0.2) is 0 Å². The van der Waals surface area contributed by atoms with Gasteiger partial charge in [-0.25, -0.2) is 0 Å². The van der Waals surface area contributed by atoms with Crippen LogP contribution in [0.5, 0.6) is 5.75 Å². The van der Waals surface area contributed by atoms with Gasteiger partial charge in [0.2, 0.25) is 5.91 Å². The van der Waals surface area contributed by atoms with Crippen molar-refractivity contribution in [1.82, 2.24) is 14.7 Å². The van der Waals surface area contributed by atoms with Gasteiger partial charge in [-0.2, -0.15) is 5.10 Å². The first-order valence-electron chi connectivity index (χ1n) is 8.64. The number of aromatic nitrogens is 2. The Morgan fingerprint density at radius 3 is 2.48 bits per heavy atom. The number of nitrogens with zero attached hydrogens (tertiary/aromatic N) is 3. The summed E-state index contributed by atoms with van der Waals surface area (Å²) in [4.78, 5) is 14.7. The van der Waals surface area contributed by atoms with Gasteiger partial charge in [0, 0.05) is 18.8 Å². The van der Waals surface area contributed by atoms with E-state index in [1.54, 1.807) is 7.11 Å². The molecule has 0 unspecified atom stereocenters. The molecule has 0 bridgehead atoms. The molecule has 0 fully saturated rings. The van der Waals surface area contributed by atoms with Crippen LogP contribution in [0.15, 0.2) is 36.4 Å². The molecule has 5 heteroatoms. The van der Waals surface area contributed by atoms with E-state index >= 15 is 0 Å². The molecular weight excluding hydrogens is 314 g/mol. The zero-order chi connectivity index (χ0) is 18.0. The van der Waals surface area contributed by atoms with Crippen molar-refractivity contribution in [3.8, 4) is 5.75 Å². The molecule has 3 rings (SSSR count). The van der Waals surface area contributed by atoms with Crippen LogP contribution in [0, 0.1) is 13.8 Å². The van der Waals surface area contributed by atoms with E-state index in [-0.39, 0.29) is 11.9 Å². The third-order valence-electron chi connectivity index (χ3n) is 4.75. The maximum atomic E-state index is 12.8. The second-order valence-corrected chi connectivity index (χ2v) is 6.54. The molecule has 0 radical (unpaired) electrons. The van der Waals surface area contributed by atoms with Crippen molar-refractivity contribution in [2.75, 3.05) is 20.2 Å². The Hall–Kier alpha value is -2.56. The van der Waals surface area contributed by atoms with Crippen molar-refractivity contribution in [3.05, 3.63) is 53.4 Å². The highest BCUT2D eigenvalue weighted by atomic mass is 16.5. The van der Waals surface area contributed by atoms with E-state index in [1.165, 1.54) is 11.1 Å². The summed E-state index contributed by atoms with van der Waals surface area (Å²) < 4.78 is 7.02. The molecule has 25 heavy (non-hydrogen) atoms. The maximum Gasteiger partial charge on any atom is 0.247 e. The summed E-state index contributed by atoms with van der Waals surface area (Å²) in [6.07, 6.45) is 3.01. The van der Waals surface area contributed by atoms with Gasteiger partial charge in [-0.1, -0.05) is 18.2 Å². The molecule has 0 saturated heterocycles. The predicted octanol–water partition coefficient (Wildman–Crippen LogP) is 3.39. The Balaban J connectivity index is 1.68. The Kier molecular flexibility index (Phi) is 4.93. The fourth-order valence-electron chi connectivity index (χ4n) is 3.34.